The van der Waals surface area contributed by atoms with Crippen LogP contribution in [0.3, 0.4) is 0 Å². The van der Waals surface area contributed by atoms with Crippen LogP contribution < -0.4 is 5.32 Å². The van der Waals surface area contributed by atoms with Crippen LogP contribution in [-0.2, 0) is 0 Å². The molecule has 0 saturated carbocycles. The van der Waals surface area contributed by atoms with Gasteiger partial charge in [0.05, 0.1) is 0 Å². The molecule has 0 fully saturated rings. The monoisotopic (exact) mass is 275 g/mol. The van der Waals surface area contributed by atoms with E-state index >= 15 is 0 Å². The smallest absolute Gasteiger partial charge is 0.251 e. The summed E-state index contributed by atoms with van der Waals surface area (Å²) in [6, 6.07) is 5.30. The third-order valence-corrected chi connectivity index (χ3v) is 2.30. The Morgan fingerprint density at radius 3 is 2.79 bits per heavy atom. The predicted octanol–water partition coefficient (Wildman–Crippen LogP) is 2.77. The molecule has 0 radical (unpaired) electrons. The lowest BCUT2D eigenvalue weighted by Gasteiger charge is -2.04. The van der Waals surface area contributed by atoms with E-state index in [0.29, 0.717) is 17.1 Å². The summed E-state index contributed by atoms with van der Waals surface area (Å²) in [6.07, 6.45) is 0. The quantitative estimate of drug-likeness (QED) is 0.845. The van der Waals surface area contributed by atoms with Gasteiger partial charge in [-0.25, -0.2) is 0 Å². The lowest BCUT2D eigenvalue weighted by atomic mass is 10.1. The second-order valence-electron chi connectivity index (χ2n) is 2.96. The first-order valence-corrected chi connectivity index (χ1v) is 5.75. The molecule has 0 bridgehead atoms. The molecule has 0 aliphatic heterocycles. The summed E-state index contributed by atoms with van der Waals surface area (Å²) >= 11 is 9.08. The van der Waals surface area contributed by atoms with Crippen LogP contribution in [0.15, 0.2) is 18.2 Å². The van der Waals surface area contributed by atoms with Crippen LogP contribution in [0.5, 0.6) is 0 Å². The van der Waals surface area contributed by atoms with Crippen molar-refractivity contribution in [2.75, 3.05) is 11.9 Å². The van der Waals surface area contributed by atoms with Gasteiger partial charge in [-0.1, -0.05) is 27.5 Å². The summed E-state index contributed by atoms with van der Waals surface area (Å²) in [5, 5.41) is 4.10. The van der Waals surface area contributed by atoms with Crippen molar-refractivity contribution in [2.45, 2.75) is 6.92 Å². The fourth-order valence-electron chi connectivity index (χ4n) is 1.13. The number of benzene rings is 1. The SMILES string of the molecule is Cc1cc(Cl)cc(C(=O)NCCBr)c1. The van der Waals surface area contributed by atoms with Crippen molar-refractivity contribution in [1.82, 2.24) is 5.32 Å². The van der Waals surface area contributed by atoms with Crippen LogP contribution in [0.25, 0.3) is 0 Å². The van der Waals surface area contributed by atoms with Crippen LogP contribution in [0, 0.1) is 6.92 Å². The van der Waals surface area contributed by atoms with E-state index in [4.69, 9.17) is 11.6 Å². The zero-order chi connectivity index (χ0) is 10.6. The first-order valence-electron chi connectivity index (χ1n) is 4.25. The van der Waals surface area contributed by atoms with Gasteiger partial charge in [0.15, 0.2) is 0 Å². The molecule has 0 saturated heterocycles. The predicted molar refractivity (Wildman–Crippen MR) is 62.3 cm³/mol. The molecule has 0 heterocycles. The van der Waals surface area contributed by atoms with Gasteiger partial charge in [0.2, 0.25) is 0 Å². The molecule has 0 aliphatic carbocycles. The summed E-state index contributed by atoms with van der Waals surface area (Å²) in [6.45, 7) is 2.53. The Bertz CT molecular complexity index is 321. The molecule has 1 amide bonds. The largest absolute Gasteiger partial charge is 0.351 e. The highest BCUT2D eigenvalue weighted by Crippen LogP contribution is 2.14. The summed E-state index contributed by atoms with van der Waals surface area (Å²) in [4.78, 5) is 11.5. The minimum atomic E-state index is -0.0879. The molecule has 1 N–H and O–H groups in total. The van der Waals surface area contributed by atoms with Crippen LogP contribution in [-0.4, -0.2) is 17.8 Å². The van der Waals surface area contributed by atoms with Gasteiger partial charge in [-0.2, -0.15) is 0 Å². The minimum absolute atomic E-state index is 0.0879. The first-order chi connectivity index (χ1) is 6.63. The zero-order valence-electron chi connectivity index (χ0n) is 7.81. The van der Waals surface area contributed by atoms with E-state index in [2.05, 4.69) is 21.2 Å². The normalized spacial score (nSPS) is 9.93. The van der Waals surface area contributed by atoms with Gasteiger partial charge in [-0.05, 0) is 30.7 Å². The van der Waals surface area contributed by atoms with Gasteiger partial charge in [-0.15, -0.1) is 0 Å². The third-order valence-electron chi connectivity index (χ3n) is 1.68. The second-order valence-corrected chi connectivity index (χ2v) is 4.19. The number of hydrogen-bond acceptors (Lipinski definition) is 1. The van der Waals surface area contributed by atoms with E-state index in [1.54, 1.807) is 6.07 Å². The van der Waals surface area contributed by atoms with Gasteiger partial charge < -0.3 is 5.32 Å². The summed E-state index contributed by atoms with van der Waals surface area (Å²) in [5.41, 5.74) is 1.59. The Hall–Kier alpha value is -0.540. The van der Waals surface area contributed by atoms with Crippen molar-refractivity contribution >= 4 is 33.4 Å². The Labute approximate surface area is 96.8 Å². The Morgan fingerprint density at radius 2 is 2.21 bits per heavy atom. The molecule has 0 unspecified atom stereocenters. The summed E-state index contributed by atoms with van der Waals surface area (Å²) in [5.74, 6) is -0.0879. The molecule has 76 valence electrons. The number of amides is 1. The third kappa shape index (κ3) is 3.31. The summed E-state index contributed by atoms with van der Waals surface area (Å²) in [7, 11) is 0. The molecule has 2 nitrogen and oxygen atoms in total. The molecule has 0 aliphatic rings. The Kier molecular flexibility index (Phi) is 4.42. The number of carbonyl (C=O) groups is 1. The van der Waals surface area contributed by atoms with Crippen molar-refractivity contribution < 1.29 is 4.79 Å². The number of hydrogen-bond donors (Lipinski definition) is 1. The molecular weight excluding hydrogens is 265 g/mol. The number of nitrogens with one attached hydrogen (secondary N) is 1. The van der Waals surface area contributed by atoms with Crippen molar-refractivity contribution in [3.63, 3.8) is 0 Å². The molecular formula is C10H11BrClNO. The molecule has 1 aromatic rings. The van der Waals surface area contributed by atoms with E-state index in [-0.39, 0.29) is 5.91 Å². The van der Waals surface area contributed by atoms with E-state index < -0.39 is 0 Å². The lowest BCUT2D eigenvalue weighted by Crippen LogP contribution is -2.25. The maximum Gasteiger partial charge on any atom is 0.251 e. The number of aryl methyl sites for hydroxylation is 1. The van der Waals surface area contributed by atoms with Crippen molar-refractivity contribution in [2.24, 2.45) is 0 Å². The number of rotatable bonds is 3. The zero-order valence-corrected chi connectivity index (χ0v) is 10.2. The van der Waals surface area contributed by atoms with Gasteiger partial charge in [0, 0.05) is 22.5 Å². The van der Waals surface area contributed by atoms with Crippen molar-refractivity contribution in [3.05, 3.63) is 34.3 Å². The Balaban J connectivity index is 2.79. The number of alkyl halides is 1. The van der Waals surface area contributed by atoms with Gasteiger partial charge in [-0.3, -0.25) is 4.79 Å². The maximum absolute atomic E-state index is 11.5. The van der Waals surface area contributed by atoms with Gasteiger partial charge >= 0.3 is 0 Å². The van der Waals surface area contributed by atoms with E-state index in [9.17, 15) is 4.79 Å². The van der Waals surface area contributed by atoms with Crippen LogP contribution in [0.2, 0.25) is 5.02 Å². The van der Waals surface area contributed by atoms with Crippen molar-refractivity contribution in [1.29, 1.82) is 0 Å². The molecule has 0 aromatic heterocycles. The van der Waals surface area contributed by atoms with E-state index in [1.165, 1.54) is 0 Å². The average Bonchev–Trinajstić information content (AvgIpc) is 2.12. The molecule has 1 rings (SSSR count). The first kappa shape index (κ1) is 11.5. The molecule has 4 heteroatoms. The number of halogens is 2. The highest BCUT2D eigenvalue weighted by Gasteiger charge is 2.05. The standard InChI is InChI=1S/C10H11BrClNO/c1-7-4-8(6-9(12)5-7)10(14)13-3-2-11/h4-6H,2-3H2,1H3,(H,13,14). The summed E-state index contributed by atoms with van der Waals surface area (Å²) < 4.78 is 0. The number of carbonyl (C=O) groups excluding carboxylic acids is 1. The maximum atomic E-state index is 11.5. The van der Waals surface area contributed by atoms with Crippen LogP contribution in [0.1, 0.15) is 15.9 Å². The molecule has 0 spiro atoms. The topological polar surface area (TPSA) is 29.1 Å². The highest BCUT2D eigenvalue weighted by atomic mass is 79.9. The van der Waals surface area contributed by atoms with Crippen LogP contribution in [0.4, 0.5) is 0 Å². The highest BCUT2D eigenvalue weighted by molar-refractivity contribution is 9.09. The van der Waals surface area contributed by atoms with Gasteiger partial charge in [0.1, 0.15) is 0 Å². The average molecular weight is 277 g/mol. The van der Waals surface area contributed by atoms with E-state index in [0.717, 1.165) is 10.9 Å². The second kappa shape index (κ2) is 5.37. The lowest BCUT2D eigenvalue weighted by molar-refractivity contribution is 0.0956. The fraction of sp³-hybridized carbons (Fsp3) is 0.300. The molecule has 14 heavy (non-hydrogen) atoms. The van der Waals surface area contributed by atoms with E-state index in [1.807, 2.05) is 19.1 Å². The molecule has 1 aromatic carbocycles. The van der Waals surface area contributed by atoms with Gasteiger partial charge in [0.25, 0.3) is 5.91 Å². The minimum Gasteiger partial charge on any atom is -0.351 e. The van der Waals surface area contributed by atoms with Crippen molar-refractivity contribution in [3.8, 4) is 0 Å². The molecule has 0 atom stereocenters. The Morgan fingerprint density at radius 1 is 1.50 bits per heavy atom. The fourth-order valence-corrected chi connectivity index (χ4v) is 1.62. The van der Waals surface area contributed by atoms with Crippen LogP contribution >= 0.6 is 27.5 Å².